The van der Waals surface area contributed by atoms with Gasteiger partial charge < -0.3 is 4.42 Å². The topological polar surface area (TPSA) is 13.1 Å². The Bertz CT molecular complexity index is 730. The zero-order valence-electron chi connectivity index (χ0n) is 10.4. The summed E-state index contributed by atoms with van der Waals surface area (Å²) in [6.07, 6.45) is 1.66. The Morgan fingerprint density at radius 2 is 1.74 bits per heavy atom. The second-order valence-corrected chi connectivity index (χ2v) is 5.36. The lowest BCUT2D eigenvalue weighted by Gasteiger charge is -2.12. The molecule has 2 aromatic carbocycles. The van der Waals surface area contributed by atoms with Crippen molar-refractivity contribution < 1.29 is 4.42 Å². The van der Waals surface area contributed by atoms with Crippen LogP contribution < -0.4 is 0 Å². The van der Waals surface area contributed by atoms with E-state index in [9.17, 15) is 0 Å². The molecule has 0 bridgehead atoms. The third-order valence-electron chi connectivity index (χ3n) is 3.31. The van der Waals surface area contributed by atoms with Crippen molar-refractivity contribution in [3.05, 3.63) is 70.6 Å². The van der Waals surface area contributed by atoms with Crippen LogP contribution in [0.3, 0.4) is 0 Å². The lowest BCUT2D eigenvalue weighted by atomic mass is 10.00. The Morgan fingerprint density at radius 1 is 1.00 bits per heavy atom. The van der Waals surface area contributed by atoms with Crippen LogP contribution in [0.4, 0.5) is 0 Å². The number of aryl methyl sites for hydroxylation is 1. The molecule has 3 aromatic rings. The molecule has 3 heteroatoms. The molecule has 0 aliphatic rings. The summed E-state index contributed by atoms with van der Waals surface area (Å²) in [4.78, 5) is 0. The van der Waals surface area contributed by atoms with Crippen molar-refractivity contribution in [3.63, 3.8) is 0 Å². The van der Waals surface area contributed by atoms with Crippen molar-refractivity contribution >= 4 is 34.0 Å². The molecular formula is C16H12Cl2O. The first kappa shape index (κ1) is 12.6. The van der Waals surface area contributed by atoms with Crippen molar-refractivity contribution in [3.8, 4) is 0 Å². The second-order valence-electron chi connectivity index (χ2n) is 4.51. The number of halogens is 2. The summed E-state index contributed by atoms with van der Waals surface area (Å²) in [7, 11) is 0. The van der Waals surface area contributed by atoms with Crippen LogP contribution in [-0.2, 0) is 0 Å². The monoisotopic (exact) mass is 290 g/mol. The maximum Gasteiger partial charge on any atom is 0.129 e. The number of hydrogen-bond donors (Lipinski definition) is 0. The highest BCUT2D eigenvalue weighted by molar-refractivity contribution is 6.36. The molecule has 0 aliphatic heterocycles. The van der Waals surface area contributed by atoms with Gasteiger partial charge in [0.05, 0.1) is 6.26 Å². The summed E-state index contributed by atoms with van der Waals surface area (Å²) < 4.78 is 5.49. The van der Waals surface area contributed by atoms with E-state index in [-0.39, 0.29) is 5.38 Å². The largest absolute Gasteiger partial charge is 0.467 e. The molecule has 96 valence electrons. The zero-order chi connectivity index (χ0) is 13.4. The fraction of sp³-hybridized carbons (Fsp3) is 0.125. The normalized spacial score (nSPS) is 12.8. The van der Waals surface area contributed by atoms with Crippen LogP contribution in [0.2, 0.25) is 5.02 Å². The van der Waals surface area contributed by atoms with E-state index >= 15 is 0 Å². The van der Waals surface area contributed by atoms with Crippen LogP contribution in [-0.4, -0.2) is 0 Å². The quantitative estimate of drug-likeness (QED) is 0.550. The summed E-state index contributed by atoms with van der Waals surface area (Å²) in [5.74, 6) is 0.786. The van der Waals surface area contributed by atoms with Gasteiger partial charge in [-0.05, 0) is 35.6 Å². The van der Waals surface area contributed by atoms with Crippen LogP contribution >= 0.6 is 23.2 Å². The molecule has 0 N–H and O–H groups in total. The second kappa shape index (κ2) is 4.92. The molecular weight excluding hydrogens is 279 g/mol. The first-order valence-corrected chi connectivity index (χ1v) is 6.85. The Kier molecular flexibility index (Phi) is 3.26. The first-order chi connectivity index (χ1) is 9.18. The maximum atomic E-state index is 6.57. The molecule has 19 heavy (non-hydrogen) atoms. The van der Waals surface area contributed by atoms with Crippen molar-refractivity contribution in [2.75, 3.05) is 0 Å². The fourth-order valence-corrected chi connectivity index (χ4v) is 2.93. The summed E-state index contributed by atoms with van der Waals surface area (Å²) in [5, 5.41) is 2.50. The molecule has 0 spiro atoms. The fourth-order valence-electron chi connectivity index (χ4n) is 2.29. The van der Waals surface area contributed by atoms with Gasteiger partial charge in [0.2, 0.25) is 0 Å². The van der Waals surface area contributed by atoms with Gasteiger partial charge in [-0.1, -0.05) is 41.9 Å². The van der Waals surface area contributed by atoms with E-state index in [4.69, 9.17) is 27.6 Å². The summed E-state index contributed by atoms with van der Waals surface area (Å²) >= 11 is 12.8. The standard InChI is InChI=1S/C16H12Cl2O/c1-10-8-9-19-16(10)15(18)13-6-7-14(17)12-5-3-2-4-11(12)13/h2-9,15H,1H3. The number of furan rings is 1. The smallest absolute Gasteiger partial charge is 0.129 e. The number of hydrogen-bond acceptors (Lipinski definition) is 1. The minimum atomic E-state index is -0.308. The van der Waals surface area contributed by atoms with Gasteiger partial charge in [-0.3, -0.25) is 0 Å². The minimum Gasteiger partial charge on any atom is -0.467 e. The average Bonchev–Trinajstić information content (AvgIpc) is 2.85. The molecule has 1 atom stereocenters. The molecule has 0 fully saturated rings. The highest BCUT2D eigenvalue weighted by Crippen LogP contribution is 2.37. The summed E-state index contributed by atoms with van der Waals surface area (Å²) in [6, 6.07) is 13.8. The van der Waals surface area contributed by atoms with Gasteiger partial charge >= 0.3 is 0 Å². The molecule has 0 radical (unpaired) electrons. The number of fused-ring (bicyclic) bond motifs is 1. The van der Waals surface area contributed by atoms with Gasteiger partial charge in [0.1, 0.15) is 11.1 Å². The van der Waals surface area contributed by atoms with Gasteiger partial charge in [0.25, 0.3) is 0 Å². The van der Waals surface area contributed by atoms with E-state index in [1.165, 1.54) is 0 Å². The van der Waals surface area contributed by atoms with E-state index in [1.807, 2.05) is 49.4 Å². The molecule has 1 unspecified atom stereocenters. The van der Waals surface area contributed by atoms with Crippen LogP contribution in [0.5, 0.6) is 0 Å². The Labute approximate surface area is 121 Å². The molecule has 0 saturated heterocycles. The van der Waals surface area contributed by atoms with Gasteiger partial charge in [0, 0.05) is 10.4 Å². The van der Waals surface area contributed by atoms with Crippen molar-refractivity contribution in [1.29, 1.82) is 0 Å². The Balaban J connectivity index is 2.21. The Morgan fingerprint density at radius 3 is 2.42 bits per heavy atom. The van der Waals surface area contributed by atoms with Gasteiger partial charge in [0.15, 0.2) is 0 Å². The van der Waals surface area contributed by atoms with Crippen LogP contribution in [0.1, 0.15) is 22.3 Å². The molecule has 3 rings (SSSR count). The molecule has 1 aromatic heterocycles. The lowest BCUT2D eigenvalue weighted by Crippen LogP contribution is -1.95. The third-order valence-corrected chi connectivity index (χ3v) is 4.07. The van der Waals surface area contributed by atoms with Crippen molar-refractivity contribution in [1.82, 2.24) is 0 Å². The SMILES string of the molecule is Cc1ccoc1C(Cl)c1ccc(Cl)c2ccccc12. The van der Waals surface area contributed by atoms with Crippen molar-refractivity contribution in [2.45, 2.75) is 12.3 Å². The summed E-state index contributed by atoms with van der Waals surface area (Å²) in [6.45, 7) is 1.99. The molecule has 1 heterocycles. The minimum absolute atomic E-state index is 0.308. The maximum absolute atomic E-state index is 6.57. The predicted octanol–water partition coefficient (Wildman–Crippen LogP) is 5.72. The predicted molar refractivity (Wildman–Crippen MR) is 80.1 cm³/mol. The average molecular weight is 291 g/mol. The van der Waals surface area contributed by atoms with E-state index in [0.29, 0.717) is 0 Å². The van der Waals surface area contributed by atoms with Crippen LogP contribution in [0.25, 0.3) is 10.8 Å². The van der Waals surface area contributed by atoms with E-state index in [0.717, 1.165) is 32.7 Å². The van der Waals surface area contributed by atoms with Crippen LogP contribution in [0.15, 0.2) is 53.1 Å². The van der Waals surface area contributed by atoms with E-state index in [1.54, 1.807) is 6.26 Å². The number of rotatable bonds is 2. The lowest BCUT2D eigenvalue weighted by molar-refractivity contribution is 0.514. The highest BCUT2D eigenvalue weighted by Gasteiger charge is 2.19. The highest BCUT2D eigenvalue weighted by atomic mass is 35.5. The van der Waals surface area contributed by atoms with Crippen LogP contribution in [0, 0.1) is 6.92 Å². The summed E-state index contributed by atoms with van der Waals surface area (Å²) in [5.41, 5.74) is 2.07. The van der Waals surface area contributed by atoms with Gasteiger partial charge in [-0.15, -0.1) is 11.6 Å². The zero-order valence-corrected chi connectivity index (χ0v) is 11.9. The van der Waals surface area contributed by atoms with Crippen molar-refractivity contribution in [2.24, 2.45) is 0 Å². The first-order valence-electron chi connectivity index (χ1n) is 6.03. The number of alkyl halides is 1. The Hall–Kier alpha value is -1.44. The van der Waals surface area contributed by atoms with Gasteiger partial charge in [-0.25, -0.2) is 0 Å². The third kappa shape index (κ3) is 2.13. The van der Waals surface area contributed by atoms with E-state index < -0.39 is 0 Å². The van der Waals surface area contributed by atoms with Gasteiger partial charge in [-0.2, -0.15) is 0 Å². The molecule has 0 aliphatic carbocycles. The van der Waals surface area contributed by atoms with E-state index in [2.05, 4.69) is 0 Å². The molecule has 0 amide bonds. The number of benzene rings is 2. The molecule has 1 nitrogen and oxygen atoms in total. The molecule has 0 saturated carbocycles.